The molecule has 3 atom stereocenters. The van der Waals surface area contributed by atoms with Crippen molar-refractivity contribution in [2.45, 2.75) is 45.7 Å². The maximum Gasteiger partial charge on any atom is 0.340 e. The maximum atomic E-state index is 13.9. The van der Waals surface area contributed by atoms with Gasteiger partial charge in [-0.3, -0.25) is 0 Å². The molecule has 3 unspecified atom stereocenters. The monoisotopic (exact) mass is 293 g/mol. The lowest BCUT2D eigenvalue weighted by Crippen LogP contribution is -2.40. The molecule has 2 rings (SSSR count). The van der Waals surface area contributed by atoms with Crippen LogP contribution in [0.1, 0.15) is 49.0 Å². The number of ether oxygens (including phenoxy) is 1. The number of hydrogen-bond acceptors (Lipinski definition) is 3. The number of rotatable bonds is 4. The predicted octanol–water partition coefficient (Wildman–Crippen LogP) is 3.53. The van der Waals surface area contributed by atoms with E-state index in [9.17, 15) is 9.18 Å². The fourth-order valence-corrected chi connectivity index (χ4v) is 3.06. The Hall–Kier alpha value is -1.42. The van der Waals surface area contributed by atoms with E-state index in [-0.39, 0.29) is 5.56 Å². The lowest BCUT2D eigenvalue weighted by Gasteiger charge is -2.34. The van der Waals surface area contributed by atoms with Crippen molar-refractivity contribution in [3.05, 3.63) is 35.1 Å². The number of nitrogens with one attached hydrogen (secondary N) is 1. The molecule has 1 aromatic rings. The van der Waals surface area contributed by atoms with Gasteiger partial charge >= 0.3 is 5.97 Å². The largest absolute Gasteiger partial charge is 0.465 e. The van der Waals surface area contributed by atoms with E-state index < -0.39 is 11.8 Å². The Balaban J connectivity index is 1.97. The van der Waals surface area contributed by atoms with Crippen LogP contribution in [0, 0.1) is 17.7 Å². The van der Waals surface area contributed by atoms with E-state index in [1.807, 2.05) is 0 Å². The van der Waals surface area contributed by atoms with Gasteiger partial charge in [0.15, 0.2) is 0 Å². The van der Waals surface area contributed by atoms with Gasteiger partial charge in [0, 0.05) is 12.6 Å². The summed E-state index contributed by atoms with van der Waals surface area (Å²) in [6.45, 7) is 5.20. The van der Waals surface area contributed by atoms with Crippen molar-refractivity contribution in [2.24, 2.45) is 11.8 Å². The Labute approximate surface area is 125 Å². The summed E-state index contributed by atoms with van der Waals surface area (Å²) >= 11 is 0. The molecule has 4 heteroatoms. The summed E-state index contributed by atoms with van der Waals surface area (Å²) in [7, 11) is 1.25. The Bertz CT molecular complexity index is 504. The standard InChI is InChI=1S/C17H24FNO2/c1-11-5-4-6-16(12(11)2)19-10-13-7-8-14(15(18)9-13)17(20)21-3/h7-9,11-12,16,19H,4-6,10H2,1-3H3. The van der Waals surface area contributed by atoms with Gasteiger partial charge in [-0.05, 0) is 36.0 Å². The highest BCUT2D eigenvalue weighted by atomic mass is 19.1. The molecule has 21 heavy (non-hydrogen) atoms. The van der Waals surface area contributed by atoms with Crippen LogP contribution in [0.5, 0.6) is 0 Å². The summed E-state index contributed by atoms with van der Waals surface area (Å²) in [5.41, 5.74) is 0.839. The van der Waals surface area contributed by atoms with Crippen molar-refractivity contribution in [3.63, 3.8) is 0 Å². The van der Waals surface area contributed by atoms with E-state index in [4.69, 9.17) is 0 Å². The molecule has 3 nitrogen and oxygen atoms in total. The van der Waals surface area contributed by atoms with Crippen LogP contribution < -0.4 is 5.32 Å². The van der Waals surface area contributed by atoms with Gasteiger partial charge in [0.05, 0.1) is 12.7 Å². The van der Waals surface area contributed by atoms with E-state index in [0.717, 1.165) is 11.5 Å². The minimum atomic E-state index is -0.637. The zero-order valence-corrected chi connectivity index (χ0v) is 13.0. The van der Waals surface area contributed by atoms with Crippen LogP contribution in [0.3, 0.4) is 0 Å². The van der Waals surface area contributed by atoms with Gasteiger partial charge in [-0.2, -0.15) is 0 Å². The van der Waals surface area contributed by atoms with Crippen LogP contribution in [-0.4, -0.2) is 19.1 Å². The van der Waals surface area contributed by atoms with E-state index in [1.54, 1.807) is 6.07 Å². The molecule has 1 fully saturated rings. The average molecular weight is 293 g/mol. The second kappa shape index (κ2) is 7.03. The van der Waals surface area contributed by atoms with Crippen molar-refractivity contribution in [2.75, 3.05) is 7.11 Å². The maximum absolute atomic E-state index is 13.9. The van der Waals surface area contributed by atoms with Crippen molar-refractivity contribution in [3.8, 4) is 0 Å². The van der Waals surface area contributed by atoms with Gasteiger partial charge in [-0.25, -0.2) is 9.18 Å². The third-order valence-electron chi connectivity index (χ3n) is 4.71. The summed E-state index contributed by atoms with van der Waals surface area (Å²) in [5, 5.41) is 3.53. The molecule has 1 aliphatic carbocycles. The number of halogens is 1. The zero-order chi connectivity index (χ0) is 15.4. The number of benzene rings is 1. The molecule has 0 saturated heterocycles. The fraction of sp³-hybridized carbons (Fsp3) is 0.588. The molecule has 116 valence electrons. The molecule has 1 aliphatic rings. The summed E-state index contributed by atoms with van der Waals surface area (Å²) in [6, 6.07) is 5.16. The van der Waals surface area contributed by atoms with Gasteiger partial charge < -0.3 is 10.1 Å². The van der Waals surface area contributed by atoms with Gasteiger partial charge in [0.25, 0.3) is 0 Å². The highest BCUT2D eigenvalue weighted by Crippen LogP contribution is 2.29. The summed E-state index contributed by atoms with van der Waals surface area (Å²) < 4.78 is 18.4. The first kappa shape index (κ1) is 16.0. The van der Waals surface area contributed by atoms with Crippen LogP contribution in [0.2, 0.25) is 0 Å². The van der Waals surface area contributed by atoms with Crippen molar-refractivity contribution in [1.29, 1.82) is 0 Å². The van der Waals surface area contributed by atoms with E-state index in [1.165, 1.54) is 38.5 Å². The third-order valence-corrected chi connectivity index (χ3v) is 4.71. The number of carbonyl (C=O) groups is 1. The van der Waals surface area contributed by atoms with Gasteiger partial charge in [0.1, 0.15) is 5.82 Å². The van der Waals surface area contributed by atoms with E-state index in [0.29, 0.717) is 18.5 Å². The number of methoxy groups -OCH3 is 1. The molecule has 1 aromatic carbocycles. The topological polar surface area (TPSA) is 38.3 Å². The first-order valence-corrected chi connectivity index (χ1v) is 7.63. The SMILES string of the molecule is COC(=O)c1ccc(CNC2CCCC(C)C2C)cc1F. The lowest BCUT2D eigenvalue weighted by molar-refractivity contribution is 0.0595. The highest BCUT2D eigenvalue weighted by Gasteiger charge is 2.26. The van der Waals surface area contributed by atoms with E-state index in [2.05, 4.69) is 23.9 Å². The van der Waals surface area contributed by atoms with Crippen LogP contribution >= 0.6 is 0 Å². The zero-order valence-electron chi connectivity index (χ0n) is 13.0. The van der Waals surface area contributed by atoms with Crippen LogP contribution in [0.15, 0.2) is 18.2 Å². The van der Waals surface area contributed by atoms with Gasteiger partial charge in [0.2, 0.25) is 0 Å². The summed E-state index contributed by atoms with van der Waals surface area (Å²) in [4.78, 5) is 11.4. The third kappa shape index (κ3) is 3.82. The van der Waals surface area contributed by atoms with Gasteiger partial charge in [-0.1, -0.05) is 32.8 Å². The molecule has 1 saturated carbocycles. The second-order valence-corrected chi connectivity index (χ2v) is 6.06. The Morgan fingerprint density at radius 2 is 2.14 bits per heavy atom. The Morgan fingerprint density at radius 3 is 2.81 bits per heavy atom. The summed E-state index contributed by atoms with van der Waals surface area (Å²) in [5.74, 6) is 0.209. The smallest absolute Gasteiger partial charge is 0.340 e. The Morgan fingerprint density at radius 1 is 1.38 bits per heavy atom. The van der Waals surface area contributed by atoms with Crippen molar-refractivity contribution >= 4 is 5.97 Å². The molecule has 0 heterocycles. The molecule has 0 amide bonds. The van der Waals surface area contributed by atoms with Crippen LogP contribution in [-0.2, 0) is 11.3 Å². The quantitative estimate of drug-likeness (QED) is 0.863. The number of hydrogen-bond donors (Lipinski definition) is 1. The Kier molecular flexibility index (Phi) is 5.34. The van der Waals surface area contributed by atoms with E-state index >= 15 is 0 Å². The van der Waals surface area contributed by atoms with Crippen molar-refractivity contribution in [1.82, 2.24) is 5.32 Å². The normalized spacial score (nSPS) is 25.6. The molecule has 0 radical (unpaired) electrons. The number of carbonyl (C=O) groups excluding carboxylic acids is 1. The van der Waals surface area contributed by atoms with Crippen LogP contribution in [0.25, 0.3) is 0 Å². The predicted molar refractivity (Wildman–Crippen MR) is 80.5 cm³/mol. The second-order valence-electron chi connectivity index (χ2n) is 6.06. The molecule has 0 aliphatic heterocycles. The minimum absolute atomic E-state index is 0.0130. The molecule has 1 N–H and O–H groups in total. The molecular weight excluding hydrogens is 269 g/mol. The summed E-state index contributed by atoms with van der Waals surface area (Å²) in [6.07, 6.45) is 3.72. The molecule has 0 aromatic heterocycles. The van der Waals surface area contributed by atoms with Crippen LogP contribution in [0.4, 0.5) is 4.39 Å². The fourth-order valence-electron chi connectivity index (χ4n) is 3.06. The molecular formula is C17H24FNO2. The highest BCUT2D eigenvalue weighted by molar-refractivity contribution is 5.89. The minimum Gasteiger partial charge on any atom is -0.465 e. The molecule has 0 spiro atoms. The van der Waals surface area contributed by atoms with Crippen molar-refractivity contribution < 1.29 is 13.9 Å². The average Bonchev–Trinajstić information content (AvgIpc) is 2.48. The first-order chi connectivity index (χ1) is 10.0. The lowest BCUT2D eigenvalue weighted by atomic mass is 9.78. The van der Waals surface area contributed by atoms with Gasteiger partial charge in [-0.15, -0.1) is 0 Å². The number of esters is 1. The molecule has 0 bridgehead atoms. The first-order valence-electron chi connectivity index (χ1n) is 7.63.